The molecule has 4 heterocycles. The minimum Gasteiger partial charge on any atom is -0.496 e. The van der Waals surface area contributed by atoms with Gasteiger partial charge in [0.25, 0.3) is 11.8 Å². The second-order valence-corrected chi connectivity index (χ2v) is 20.0. The molecule has 0 bridgehead atoms. The fourth-order valence-corrected chi connectivity index (χ4v) is 10.1. The molecule has 0 spiro atoms. The second kappa shape index (κ2) is 19.2. The quantitative estimate of drug-likeness (QED) is 0.0696. The fourth-order valence-electron chi connectivity index (χ4n) is 8.65. The van der Waals surface area contributed by atoms with Gasteiger partial charge >= 0.3 is 0 Å². The van der Waals surface area contributed by atoms with Crippen LogP contribution in [0.4, 0.5) is 5.69 Å². The summed E-state index contributed by atoms with van der Waals surface area (Å²) in [5.41, 5.74) is 5.40. The molecule has 3 aliphatic heterocycles. The van der Waals surface area contributed by atoms with Crippen LogP contribution in [0.5, 0.6) is 5.75 Å². The number of benzene rings is 3. The van der Waals surface area contributed by atoms with Crippen LogP contribution < -0.4 is 20.3 Å². The number of hydrogen-bond acceptors (Lipinski definition) is 10. The Labute approximate surface area is 357 Å². The molecule has 4 amide bonds. The molecule has 1 N–H and O–H groups in total. The summed E-state index contributed by atoms with van der Waals surface area (Å²) in [6.45, 7) is 8.54. The number of carbonyl (C=O) groups is 4. The number of aryl methyl sites for hydroxylation is 1. The average Bonchev–Trinajstić information content (AvgIpc) is 3.49. The summed E-state index contributed by atoms with van der Waals surface area (Å²) in [4.78, 5) is 65.9. The van der Waals surface area contributed by atoms with Crippen molar-refractivity contribution in [1.29, 1.82) is 0 Å². The van der Waals surface area contributed by atoms with Gasteiger partial charge in [0, 0.05) is 74.3 Å². The summed E-state index contributed by atoms with van der Waals surface area (Å²) < 4.78 is 18.8. The normalized spacial score (nSPS) is 17.3. The third kappa shape index (κ3) is 9.99. The first-order valence-electron chi connectivity index (χ1n) is 21.0. The van der Waals surface area contributed by atoms with Gasteiger partial charge in [0.2, 0.25) is 11.8 Å². The van der Waals surface area contributed by atoms with Crippen LogP contribution in [0.2, 0.25) is 5.02 Å². The number of anilines is 1. The van der Waals surface area contributed by atoms with E-state index in [0.717, 1.165) is 103 Å². The zero-order valence-corrected chi connectivity index (χ0v) is 36.4. The molecule has 60 heavy (non-hydrogen) atoms. The maximum Gasteiger partial charge on any atom is 0.262 e. The zero-order chi connectivity index (χ0) is 42.4. The molecule has 3 aromatic carbocycles. The van der Waals surface area contributed by atoms with Crippen LogP contribution in [0.15, 0.2) is 66.9 Å². The fraction of sp³-hybridized carbons (Fsp3) is 0.435. The SMILES string of the molecule is COc1cc(N2CCN(CCCCCCCCc3cccc4c3C(=O)N(C3CCC(=O)NC3=O)C4=O)CC2)ccc1Cc1ncc(Cl)c(Cc2ccccc2P(C)(C)=O)n1. The Morgan fingerprint density at radius 2 is 1.57 bits per heavy atom. The number of rotatable bonds is 17. The summed E-state index contributed by atoms with van der Waals surface area (Å²) in [7, 11) is -0.776. The molecule has 12 nitrogen and oxygen atoms in total. The lowest BCUT2D eigenvalue weighted by Gasteiger charge is -2.36. The highest BCUT2D eigenvalue weighted by Crippen LogP contribution is 2.37. The number of halogens is 1. The Morgan fingerprint density at radius 1 is 0.833 bits per heavy atom. The van der Waals surface area contributed by atoms with Crippen LogP contribution in [-0.4, -0.2) is 103 Å². The summed E-state index contributed by atoms with van der Waals surface area (Å²) in [6, 6.07) is 18.5. The molecule has 2 fully saturated rings. The molecule has 3 aliphatic rings. The lowest BCUT2D eigenvalue weighted by atomic mass is 9.97. The number of nitrogens with one attached hydrogen (secondary N) is 1. The van der Waals surface area contributed by atoms with Gasteiger partial charge in [-0.15, -0.1) is 0 Å². The molecule has 1 aromatic heterocycles. The summed E-state index contributed by atoms with van der Waals surface area (Å²) in [5.74, 6) is -0.415. The minimum absolute atomic E-state index is 0.106. The number of ether oxygens (including phenoxy) is 1. The highest BCUT2D eigenvalue weighted by atomic mass is 35.5. The van der Waals surface area contributed by atoms with E-state index >= 15 is 0 Å². The molecule has 2 saturated heterocycles. The average molecular weight is 853 g/mol. The van der Waals surface area contributed by atoms with E-state index in [9.17, 15) is 23.7 Å². The van der Waals surface area contributed by atoms with Gasteiger partial charge in [-0.3, -0.25) is 34.3 Å². The molecule has 0 saturated carbocycles. The van der Waals surface area contributed by atoms with Gasteiger partial charge in [-0.25, -0.2) is 9.97 Å². The van der Waals surface area contributed by atoms with Crippen molar-refractivity contribution in [1.82, 2.24) is 25.1 Å². The van der Waals surface area contributed by atoms with E-state index in [2.05, 4.69) is 38.3 Å². The lowest BCUT2D eigenvalue weighted by Crippen LogP contribution is -2.54. The molecule has 1 unspecified atom stereocenters. The number of aromatic nitrogens is 2. The molecular formula is C46H54ClN6O6P. The molecule has 0 radical (unpaired) electrons. The minimum atomic E-state index is -2.47. The Kier molecular flexibility index (Phi) is 13.8. The number of hydrogen-bond donors (Lipinski definition) is 1. The van der Waals surface area contributed by atoms with E-state index in [1.807, 2.05) is 30.3 Å². The Hall–Kier alpha value is -4.90. The zero-order valence-electron chi connectivity index (χ0n) is 34.8. The van der Waals surface area contributed by atoms with Gasteiger partial charge in [0.1, 0.15) is 24.8 Å². The lowest BCUT2D eigenvalue weighted by molar-refractivity contribution is -0.136. The first-order valence-corrected chi connectivity index (χ1v) is 24.0. The predicted molar refractivity (Wildman–Crippen MR) is 234 cm³/mol. The van der Waals surface area contributed by atoms with Gasteiger partial charge in [-0.1, -0.05) is 79.7 Å². The third-order valence-corrected chi connectivity index (χ3v) is 13.8. The van der Waals surface area contributed by atoms with Crippen LogP contribution >= 0.6 is 18.7 Å². The van der Waals surface area contributed by atoms with E-state index < -0.39 is 30.9 Å². The van der Waals surface area contributed by atoms with Crippen molar-refractivity contribution >= 4 is 53.4 Å². The van der Waals surface area contributed by atoms with E-state index in [1.165, 1.54) is 6.42 Å². The van der Waals surface area contributed by atoms with E-state index in [-0.39, 0.29) is 18.7 Å². The maximum atomic E-state index is 13.4. The smallest absolute Gasteiger partial charge is 0.262 e. The number of amides is 4. The predicted octanol–water partition coefficient (Wildman–Crippen LogP) is 6.67. The topological polar surface area (TPSA) is 142 Å². The standard InChI is InChI=1S/C46H54ClN6O6P/c1-59-39-29-34(19-18-32(39)28-41-48-30-36(47)37(49-41)27-33-14-9-10-17-40(33)60(2,3)58)52-25-23-51(24-26-52)22-11-7-5-4-6-8-13-31-15-12-16-35-43(31)46(57)53(45(35)56)38-20-21-42(54)50-44(38)55/h9-10,12,14-19,29-30,38H,4-8,11,13,20-28H2,1-3H3,(H,50,54,55). The number of fused-ring (bicyclic) bond motifs is 1. The van der Waals surface area contributed by atoms with Crippen LogP contribution in [0.1, 0.15) is 100 Å². The van der Waals surface area contributed by atoms with Gasteiger partial charge in [-0.05, 0) is 68.8 Å². The van der Waals surface area contributed by atoms with Gasteiger partial charge in [0.05, 0.1) is 29.0 Å². The molecular weight excluding hydrogens is 799 g/mol. The number of piperidine rings is 1. The first kappa shape index (κ1) is 43.2. The number of methoxy groups -OCH3 is 1. The molecule has 0 aliphatic carbocycles. The van der Waals surface area contributed by atoms with Crippen LogP contribution in [0.3, 0.4) is 0 Å². The van der Waals surface area contributed by atoms with Crippen molar-refractivity contribution in [3.05, 3.63) is 111 Å². The maximum absolute atomic E-state index is 13.4. The number of imide groups is 2. The number of nitrogens with zero attached hydrogens (tertiary/aromatic N) is 5. The molecule has 7 rings (SSSR count). The molecule has 1 atom stereocenters. The summed E-state index contributed by atoms with van der Waals surface area (Å²) in [6.07, 6.45) is 10.1. The Bertz CT molecular complexity index is 2310. The van der Waals surface area contributed by atoms with Gasteiger partial charge in [0.15, 0.2) is 0 Å². The highest BCUT2D eigenvalue weighted by molar-refractivity contribution is 7.70. The molecule has 14 heteroatoms. The summed E-state index contributed by atoms with van der Waals surface area (Å²) in [5, 5.41) is 3.59. The number of unbranched alkanes of at least 4 members (excludes halogenated alkanes) is 5. The first-order chi connectivity index (χ1) is 28.9. The van der Waals surface area contributed by atoms with E-state index in [1.54, 1.807) is 38.8 Å². The van der Waals surface area contributed by atoms with Crippen molar-refractivity contribution < 1.29 is 28.5 Å². The molecule has 4 aromatic rings. The number of piperazine rings is 1. The largest absolute Gasteiger partial charge is 0.496 e. The van der Waals surface area contributed by atoms with Crippen LogP contribution in [0.25, 0.3) is 0 Å². The van der Waals surface area contributed by atoms with E-state index in [4.69, 9.17) is 21.3 Å². The van der Waals surface area contributed by atoms with Gasteiger partial charge in [-0.2, -0.15) is 0 Å². The Balaban J connectivity index is 0.823. The number of carbonyl (C=O) groups excluding carboxylic acids is 4. The van der Waals surface area contributed by atoms with Crippen molar-refractivity contribution in [2.75, 3.05) is 58.1 Å². The van der Waals surface area contributed by atoms with Crippen molar-refractivity contribution in [3.63, 3.8) is 0 Å². The monoisotopic (exact) mass is 852 g/mol. The van der Waals surface area contributed by atoms with Crippen molar-refractivity contribution in [2.45, 2.75) is 76.7 Å². The Morgan fingerprint density at radius 3 is 2.32 bits per heavy atom. The van der Waals surface area contributed by atoms with Gasteiger partial charge < -0.3 is 14.2 Å². The molecule has 316 valence electrons. The second-order valence-electron chi connectivity index (χ2n) is 16.4. The van der Waals surface area contributed by atoms with Crippen molar-refractivity contribution in [3.8, 4) is 5.75 Å². The summed E-state index contributed by atoms with van der Waals surface area (Å²) >= 11 is 6.56. The van der Waals surface area contributed by atoms with E-state index in [0.29, 0.717) is 46.9 Å². The third-order valence-electron chi connectivity index (χ3n) is 11.9. The van der Waals surface area contributed by atoms with Crippen molar-refractivity contribution in [2.24, 2.45) is 0 Å². The van der Waals surface area contributed by atoms with Crippen LogP contribution in [-0.2, 0) is 33.4 Å². The van der Waals surface area contributed by atoms with Crippen LogP contribution in [0, 0.1) is 0 Å². The highest BCUT2D eigenvalue weighted by Gasteiger charge is 2.45.